The third-order valence-electron chi connectivity index (χ3n) is 4.92. The lowest BCUT2D eigenvalue weighted by Crippen LogP contribution is -2.42. The highest BCUT2D eigenvalue weighted by molar-refractivity contribution is 5.56. The Hall–Kier alpha value is -2.01. The number of aromatic nitrogens is 3. The molecule has 5 heteroatoms. The summed E-state index contributed by atoms with van der Waals surface area (Å²) < 4.78 is 6.10. The third-order valence-corrected chi connectivity index (χ3v) is 4.92. The van der Waals surface area contributed by atoms with E-state index in [2.05, 4.69) is 49.0 Å². The summed E-state index contributed by atoms with van der Waals surface area (Å²) in [5.41, 5.74) is 2.18. The Labute approximate surface area is 156 Å². The molecule has 3 rings (SSSR count). The zero-order chi connectivity index (χ0) is 18.6. The van der Waals surface area contributed by atoms with E-state index < -0.39 is 0 Å². The average Bonchev–Trinajstić information content (AvgIpc) is 2.66. The van der Waals surface area contributed by atoms with Crippen LogP contribution >= 0.6 is 0 Å². The summed E-state index contributed by atoms with van der Waals surface area (Å²) in [4.78, 5) is 13.5. The summed E-state index contributed by atoms with van der Waals surface area (Å²) >= 11 is 0. The predicted molar refractivity (Wildman–Crippen MR) is 105 cm³/mol. The molecule has 0 amide bonds. The molecule has 2 atom stereocenters. The molecular weight excluding hydrogens is 324 g/mol. The smallest absolute Gasteiger partial charge is 0.161 e. The number of aryl methyl sites for hydroxylation is 1. The SMILES string of the molecule is CCc1cc(NCC2CCCOC2C(C)(C)C)nc(-c2ccncc2)n1. The molecule has 5 nitrogen and oxygen atoms in total. The molecule has 2 aromatic rings. The maximum Gasteiger partial charge on any atom is 0.161 e. The van der Waals surface area contributed by atoms with Gasteiger partial charge in [0.2, 0.25) is 0 Å². The molecule has 140 valence electrons. The lowest BCUT2D eigenvalue weighted by atomic mass is 9.78. The van der Waals surface area contributed by atoms with Crippen molar-refractivity contribution in [2.45, 2.75) is 53.1 Å². The van der Waals surface area contributed by atoms with Gasteiger partial charge in [0.05, 0.1) is 6.10 Å². The van der Waals surface area contributed by atoms with Crippen LogP contribution in [-0.2, 0) is 11.2 Å². The molecule has 1 saturated heterocycles. The number of anilines is 1. The molecule has 2 unspecified atom stereocenters. The molecule has 1 aliphatic rings. The zero-order valence-electron chi connectivity index (χ0n) is 16.3. The van der Waals surface area contributed by atoms with Crippen LogP contribution in [0.15, 0.2) is 30.6 Å². The van der Waals surface area contributed by atoms with E-state index in [9.17, 15) is 0 Å². The minimum absolute atomic E-state index is 0.148. The number of hydrogen-bond donors (Lipinski definition) is 1. The second kappa shape index (κ2) is 8.12. The number of nitrogens with one attached hydrogen (secondary N) is 1. The summed E-state index contributed by atoms with van der Waals surface area (Å²) in [5, 5.41) is 3.55. The van der Waals surface area contributed by atoms with E-state index in [0.717, 1.165) is 48.9 Å². The van der Waals surface area contributed by atoms with Crippen LogP contribution in [0.25, 0.3) is 11.4 Å². The van der Waals surface area contributed by atoms with Crippen molar-refractivity contribution in [3.8, 4) is 11.4 Å². The van der Waals surface area contributed by atoms with Gasteiger partial charge in [-0.3, -0.25) is 4.98 Å². The molecule has 0 aromatic carbocycles. The second-order valence-electron chi connectivity index (χ2n) is 8.10. The Bertz CT molecular complexity index is 712. The van der Waals surface area contributed by atoms with E-state index in [1.807, 2.05) is 12.1 Å². The Morgan fingerprint density at radius 2 is 1.96 bits per heavy atom. The number of pyridine rings is 1. The van der Waals surface area contributed by atoms with Gasteiger partial charge in [0.25, 0.3) is 0 Å². The molecule has 0 saturated carbocycles. The Morgan fingerprint density at radius 3 is 2.65 bits per heavy atom. The van der Waals surface area contributed by atoms with Crippen molar-refractivity contribution in [3.63, 3.8) is 0 Å². The fourth-order valence-corrected chi connectivity index (χ4v) is 3.64. The van der Waals surface area contributed by atoms with Gasteiger partial charge in [-0.05, 0) is 36.8 Å². The first-order valence-electron chi connectivity index (χ1n) is 9.61. The van der Waals surface area contributed by atoms with Gasteiger partial charge in [-0.15, -0.1) is 0 Å². The maximum atomic E-state index is 6.10. The first-order valence-corrected chi connectivity index (χ1v) is 9.61. The van der Waals surface area contributed by atoms with E-state index in [-0.39, 0.29) is 11.5 Å². The van der Waals surface area contributed by atoms with Gasteiger partial charge in [-0.25, -0.2) is 9.97 Å². The molecule has 2 aromatic heterocycles. The average molecular weight is 354 g/mol. The minimum Gasteiger partial charge on any atom is -0.377 e. The van der Waals surface area contributed by atoms with Crippen LogP contribution < -0.4 is 5.32 Å². The fourth-order valence-electron chi connectivity index (χ4n) is 3.64. The van der Waals surface area contributed by atoms with Crippen LogP contribution in [0.5, 0.6) is 0 Å². The van der Waals surface area contributed by atoms with Gasteiger partial charge in [0.15, 0.2) is 5.82 Å². The Balaban J connectivity index is 1.77. The lowest BCUT2D eigenvalue weighted by Gasteiger charge is -2.40. The Kier molecular flexibility index (Phi) is 5.87. The predicted octanol–water partition coefficient (Wildman–Crippen LogP) is 4.35. The summed E-state index contributed by atoms with van der Waals surface area (Å²) in [6.07, 6.45) is 7.03. The number of hydrogen-bond acceptors (Lipinski definition) is 5. The largest absolute Gasteiger partial charge is 0.377 e. The van der Waals surface area contributed by atoms with Crippen LogP contribution in [0.3, 0.4) is 0 Å². The van der Waals surface area contributed by atoms with E-state index in [1.54, 1.807) is 12.4 Å². The molecule has 0 radical (unpaired) electrons. The van der Waals surface area contributed by atoms with Crippen molar-refractivity contribution >= 4 is 5.82 Å². The van der Waals surface area contributed by atoms with Gasteiger partial charge >= 0.3 is 0 Å². The van der Waals surface area contributed by atoms with Crippen molar-refractivity contribution in [2.75, 3.05) is 18.5 Å². The molecule has 0 aliphatic carbocycles. The minimum atomic E-state index is 0.148. The molecule has 0 bridgehead atoms. The highest BCUT2D eigenvalue weighted by Crippen LogP contribution is 2.34. The van der Waals surface area contributed by atoms with Crippen molar-refractivity contribution in [2.24, 2.45) is 11.3 Å². The van der Waals surface area contributed by atoms with Crippen LogP contribution in [0.4, 0.5) is 5.82 Å². The lowest BCUT2D eigenvalue weighted by molar-refractivity contribution is -0.0814. The van der Waals surface area contributed by atoms with E-state index in [1.165, 1.54) is 6.42 Å². The van der Waals surface area contributed by atoms with Gasteiger partial charge < -0.3 is 10.1 Å². The summed E-state index contributed by atoms with van der Waals surface area (Å²) in [6.45, 7) is 10.6. The van der Waals surface area contributed by atoms with Crippen LogP contribution in [-0.4, -0.2) is 34.2 Å². The molecule has 26 heavy (non-hydrogen) atoms. The Morgan fingerprint density at radius 1 is 1.19 bits per heavy atom. The zero-order valence-corrected chi connectivity index (χ0v) is 16.3. The molecule has 3 heterocycles. The van der Waals surface area contributed by atoms with Crippen LogP contribution in [0, 0.1) is 11.3 Å². The number of rotatable bonds is 5. The summed E-state index contributed by atoms with van der Waals surface area (Å²) in [6, 6.07) is 5.95. The van der Waals surface area contributed by atoms with E-state index in [0.29, 0.717) is 5.92 Å². The molecule has 0 spiro atoms. The number of nitrogens with zero attached hydrogens (tertiary/aromatic N) is 3. The first kappa shape index (κ1) is 18.8. The molecule has 1 fully saturated rings. The van der Waals surface area contributed by atoms with Gasteiger partial charge in [0.1, 0.15) is 5.82 Å². The van der Waals surface area contributed by atoms with Crippen molar-refractivity contribution in [1.82, 2.24) is 15.0 Å². The second-order valence-corrected chi connectivity index (χ2v) is 8.10. The molecule has 1 aliphatic heterocycles. The van der Waals surface area contributed by atoms with Crippen LogP contribution in [0.1, 0.15) is 46.2 Å². The van der Waals surface area contributed by atoms with Gasteiger partial charge in [-0.1, -0.05) is 27.7 Å². The van der Waals surface area contributed by atoms with E-state index in [4.69, 9.17) is 9.72 Å². The van der Waals surface area contributed by atoms with Crippen molar-refractivity contribution in [3.05, 3.63) is 36.3 Å². The topological polar surface area (TPSA) is 59.9 Å². The molecule has 1 N–H and O–H groups in total. The van der Waals surface area contributed by atoms with Crippen molar-refractivity contribution < 1.29 is 4.74 Å². The monoisotopic (exact) mass is 354 g/mol. The van der Waals surface area contributed by atoms with Gasteiger partial charge in [0, 0.05) is 48.8 Å². The maximum absolute atomic E-state index is 6.10. The third kappa shape index (κ3) is 4.58. The van der Waals surface area contributed by atoms with Crippen LogP contribution in [0.2, 0.25) is 0 Å². The first-order chi connectivity index (χ1) is 12.5. The van der Waals surface area contributed by atoms with Crippen molar-refractivity contribution in [1.29, 1.82) is 0 Å². The number of ether oxygens (including phenoxy) is 1. The summed E-state index contributed by atoms with van der Waals surface area (Å²) in [7, 11) is 0. The normalized spacial score (nSPS) is 20.8. The quantitative estimate of drug-likeness (QED) is 0.865. The van der Waals surface area contributed by atoms with Gasteiger partial charge in [-0.2, -0.15) is 0 Å². The standard InChI is InChI=1S/C21H30N4O/c1-5-17-13-18(25-20(24-17)15-8-10-22-11-9-15)23-14-16-7-6-12-26-19(16)21(2,3)4/h8-11,13,16,19H,5-7,12,14H2,1-4H3,(H,23,24,25). The summed E-state index contributed by atoms with van der Waals surface area (Å²) in [5.74, 6) is 2.14. The molecular formula is C21H30N4O. The highest BCUT2D eigenvalue weighted by Gasteiger charge is 2.35. The van der Waals surface area contributed by atoms with E-state index >= 15 is 0 Å². The highest BCUT2D eigenvalue weighted by atomic mass is 16.5. The fraction of sp³-hybridized carbons (Fsp3) is 0.571.